The molecular weight excluding hydrogens is 356 g/mol. The minimum Gasteiger partial charge on any atom is -0.356 e. The molecule has 4 heterocycles. The second-order valence-corrected chi connectivity index (χ2v) is 8.83. The number of amides is 1. The molecule has 0 bridgehead atoms. The Balaban J connectivity index is 1.44. The summed E-state index contributed by atoms with van der Waals surface area (Å²) in [5.41, 5.74) is 1.13. The van der Waals surface area contributed by atoms with E-state index in [1.54, 1.807) is 13.4 Å². The molecule has 2 aliphatic rings. The maximum absolute atomic E-state index is 12.8. The van der Waals surface area contributed by atoms with Crippen LogP contribution in [-0.4, -0.2) is 56.7 Å². The summed E-state index contributed by atoms with van der Waals surface area (Å²) in [6.45, 7) is 9.63. The highest BCUT2D eigenvalue weighted by Crippen LogP contribution is 2.34. The number of likely N-dealkylation sites (tertiary alicyclic amines) is 1. The second-order valence-electron chi connectivity index (χ2n) is 8.83. The molecule has 2 atom stereocenters. The first-order chi connectivity index (χ1) is 13.2. The number of rotatable bonds is 2. The molecule has 0 radical (unpaired) electrons. The first-order valence-corrected chi connectivity index (χ1v) is 9.63. The number of carbonyl (C=O) groups is 1. The third-order valence-electron chi connectivity index (χ3n) is 5.70. The second kappa shape index (κ2) is 6.68. The molecule has 2 aromatic heterocycles. The zero-order valence-corrected chi connectivity index (χ0v) is 16.8. The fourth-order valence-corrected chi connectivity index (χ4v) is 4.05. The van der Waals surface area contributed by atoms with Gasteiger partial charge < -0.3 is 9.80 Å². The molecule has 2 fully saturated rings. The van der Waals surface area contributed by atoms with Crippen LogP contribution in [0.25, 0.3) is 0 Å². The highest BCUT2D eigenvalue weighted by atomic mass is 16.2. The molecule has 0 N–H and O–H groups in total. The number of anilines is 1. The maximum Gasteiger partial charge on any atom is 0.274 e. The minimum atomic E-state index is -0.218. The number of hydrogen-bond acceptors (Lipinski definition) is 6. The van der Waals surface area contributed by atoms with Crippen LogP contribution in [0.5, 0.6) is 0 Å². The molecule has 2 saturated heterocycles. The van der Waals surface area contributed by atoms with Gasteiger partial charge in [0.1, 0.15) is 17.8 Å². The van der Waals surface area contributed by atoms with Crippen molar-refractivity contribution >= 4 is 11.7 Å². The first-order valence-electron chi connectivity index (χ1n) is 9.63. The van der Waals surface area contributed by atoms with Crippen LogP contribution in [0.4, 0.5) is 5.82 Å². The Labute approximate surface area is 164 Å². The smallest absolute Gasteiger partial charge is 0.274 e. The molecule has 28 heavy (non-hydrogen) atoms. The summed E-state index contributed by atoms with van der Waals surface area (Å²) in [4.78, 5) is 37.3. The van der Waals surface area contributed by atoms with E-state index in [4.69, 9.17) is 0 Å². The predicted octanol–water partition coefficient (Wildman–Crippen LogP) is 1.08. The van der Waals surface area contributed by atoms with E-state index in [1.807, 2.05) is 4.90 Å². The van der Waals surface area contributed by atoms with Crippen molar-refractivity contribution in [1.29, 1.82) is 0 Å². The predicted molar refractivity (Wildman–Crippen MR) is 105 cm³/mol. The van der Waals surface area contributed by atoms with Crippen molar-refractivity contribution in [3.8, 4) is 0 Å². The summed E-state index contributed by atoms with van der Waals surface area (Å²) in [7, 11) is 1.56. The van der Waals surface area contributed by atoms with Crippen LogP contribution in [0.1, 0.15) is 37.0 Å². The SMILES string of the molecule is Cn1nc(C(=O)N2CC3CN(c4cc(C(C)(C)C)ncn4)CC3C2)ccc1=O. The summed E-state index contributed by atoms with van der Waals surface area (Å²) in [5.74, 6) is 1.70. The molecular formula is C20H26N6O2. The molecule has 0 aromatic carbocycles. The maximum atomic E-state index is 12.8. The molecule has 2 unspecified atom stereocenters. The van der Waals surface area contributed by atoms with Crippen molar-refractivity contribution in [2.45, 2.75) is 26.2 Å². The third kappa shape index (κ3) is 3.39. The summed E-state index contributed by atoms with van der Waals surface area (Å²) >= 11 is 0. The number of fused-ring (bicyclic) bond motifs is 1. The molecule has 2 aliphatic heterocycles. The van der Waals surface area contributed by atoms with Crippen LogP contribution in [0.15, 0.2) is 29.3 Å². The van der Waals surface area contributed by atoms with Crippen molar-refractivity contribution in [2.24, 2.45) is 18.9 Å². The Bertz CT molecular complexity index is 950. The van der Waals surface area contributed by atoms with E-state index in [0.29, 0.717) is 30.6 Å². The first kappa shape index (κ1) is 18.6. The average Bonchev–Trinajstić information content (AvgIpc) is 3.22. The topological polar surface area (TPSA) is 84.2 Å². The van der Waals surface area contributed by atoms with Gasteiger partial charge >= 0.3 is 0 Å². The summed E-state index contributed by atoms with van der Waals surface area (Å²) < 4.78 is 1.20. The monoisotopic (exact) mass is 382 g/mol. The van der Waals surface area contributed by atoms with E-state index >= 15 is 0 Å². The van der Waals surface area contributed by atoms with Crippen LogP contribution in [0, 0.1) is 11.8 Å². The van der Waals surface area contributed by atoms with E-state index in [-0.39, 0.29) is 16.9 Å². The van der Waals surface area contributed by atoms with E-state index in [9.17, 15) is 9.59 Å². The van der Waals surface area contributed by atoms with Crippen molar-refractivity contribution in [1.82, 2.24) is 24.6 Å². The normalized spacial score (nSPS) is 21.9. The number of aromatic nitrogens is 4. The Kier molecular flexibility index (Phi) is 4.44. The van der Waals surface area contributed by atoms with Crippen molar-refractivity contribution in [3.05, 3.63) is 46.3 Å². The Morgan fingerprint density at radius 2 is 1.75 bits per heavy atom. The molecule has 148 valence electrons. The Morgan fingerprint density at radius 1 is 1.07 bits per heavy atom. The molecule has 0 spiro atoms. The van der Waals surface area contributed by atoms with Crippen LogP contribution >= 0.6 is 0 Å². The van der Waals surface area contributed by atoms with E-state index in [1.165, 1.54) is 16.8 Å². The highest BCUT2D eigenvalue weighted by Gasteiger charge is 2.42. The fraction of sp³-hybridized carbons (Fsp3) is 0.550. The summed E-state index contributed by atoms with van der Waals surface area (Å²) in [5, 5.41) is 4.09. The van der Waals surface area contributed by atoms with Gasteiger partial charge in [-0.2, -0.15) is 5.10 Å². The van der Waals surface area contributed by atoms with E-state index < -0.39 is 0 Å². The number of aryl methyl sites for hydroxylation is 1. The van der Waals surface area contributed by atoms with Crippen LogP contribution in [0.3, 0.4) is 0 Å². The standard InChI is InChI=1S/C20H26N6O2/c1-20(2,3)16-7-17(22-12-21-16)25-8-13-10-26(11-14(13)9-25)19(28)15-5-6-18(27)24(4)23-15/h5-7,12-14H,8-11H2,1-4H3. The van der Waals surface area contributed by atoms with Crippen LogP contribution < -0.4 is 10.5 Å². The lowest BCUT2D eigenvalue weighted by molar-refractivity contribution is 0.0774. The third-order valence-corrected chi connectivity index (χ3v) is 5.70. The minimum absolute atomic E-state index is 0.0146. The number of nitrogens with zero attached hydrogens (tertiary/aromatic N) is 6. The van der Waals surface area contributed by atoms with Gasteiger partial charge in [-0.25, -0.2) is 14.6 Å². The molecule has 2 aromatic rings. The van der Waals surface area contributed by atoms with Gasteiger partial charge in [0.25, 0.3) is 11.5 Å². The van der Waals surface area contributed by atoms with Gasteiger partial charge in [-0.1, -0.05) is 20.8 Å². The van der Waals surface area contributed by atoms with Gasteiger partial charge in [0, 0.05) is 62.6 Å². The van der Waals surface area contributed by atoms with Gasteiger partial charge in [-0.05, 0) is 6.07 Å². The summed E-state index contributed by atoms with van der Waals surface area (Å²) in [6, 6.07) is 4.99. The van der Waals surface area contributed by atoms with E-state index in [2.05, 4.69) is 46.8 Å². The number of hydrogen-bond donors (Lipinski definition) is 0. The molecule has 8 nitrogen and oxygen atoms in total. The average molecular weight is 382 g/mol. The molecule has 0 saturated carbocycles. The zero-order chi connectivity index (χ0) is 20.1. The van der Waals surface area contributed by atoms with Crippen molar-refractivity contribution in [2.75, 3.05) is 31.1 Å². The lowest BCUT2D eigenvalue weighted by Gasteiger charge is -2.24. The quantitative estimate of drug-likeness (QED) is 0.773. The summed E-state index contributed by atoms with van der Waals surface area (Å²) in [6.07, 6.45) is 1.64. The Morgan fingerprint density at radius 3 is 2.36 bits per heavy atom. The van der Waals surface area contributed by atoms with Gasteiger partial charge in [0.05, 0.1) is 5.69 Å². The van der Waals surface area contributed by atoms with Crippen molar-refractivity contribution < 1.29 is 4.79 Å². The van der Waals surface area contributed by atoms with E-state index in [0.717, 1.165) is 24.6 Å². The van der Waals surface area contributed by atoms with Crippen LogP contribution in [0.2, 0.25) is 0 Å². The van der Waals surface area contributed by atoms with Crippen molar-refractivity contribution in [3.63, 3.8) is 0 Å². The molecule has 4 rings (SSSR count). The van der Waals surface area contributed by atoms with Crippen LogP contribution in [-0.2, 0) is 12.5 Å². The van der Waals surface area contributed by atoms with Gasteiger partial charge in [0.2, 0.25) is 0 Å². The lowest BCUT2D eigenvalue weighted by Crippen LogP contribution is -2.35. The molecule has 0 aliphatic carbocycles. The van der Waals surface area contributed by atoms with Gasteiger partial charge in [0.15, 0.2) is 0 Å². The molecule has 8 heteroatoms. The highest BCUT2D eigenvalue weighted by molar-refractivity contribution is 5.92. The lowest BCUT2D eigenvalue weighted by atomic mass is 9.92. The number of carbonyl (C=O) groups excluding carboxylic acids is 1. The fourth-order valence-electron chi connectivity index (χ4n) is 4.05. The molecule has 1 amide bonds. The van der Waals surface area contributed by atoms with Gasteiger partial charge in [-0.3, -0.25) is 9.59 Å². The Hall–Kier alpha value is -2.77. The largest absolute Gasteiger partial charge is 0.356 e. The zero-order valence-electron chi connectivity index (χ0n) is 16.8. The van der Waals surface area contributed by atoms with Gasteiger partial charge in [-0.15, -0.1) is 0 Å².